The van der Waals surface area contributed by atoms with Gasteiger partial charge in [-0.05, 0) is 43.5 Å². The van der Waals surface area contributed by atoms with Crippen LogP contribution in [0.1, 0.15) is 47.7 Å². The average Bonchev–Trinajstić information content (AvgIpc) is 2.47. The molecule has 21 heavy (non-hydrogen) atoms. The fourth-order valence-corrected chi connectivity index (χ4v) is 2.35. The zero-order valence-corrected chi connectivity index (χ0v) is 14.5. The first-order valence-electron chi connectivity index (χ1n) is 7.06. The molecule has 0 fully saturated rings. The second kappa shape index (κ2) is 8.17. The van der Waals surface area contributed by atoms with Crippen molar-refractivity contribution in [2.75, 3.05) is 7.11 Å². The van der Waals surface area contributed by atoms with E-state index in [2.05, 4.69) is 21.2 Å². The summed E-state index contributed by atoms with van der Waals surface area (Å²) >= 11 is 3.48. The molecule has 0 radical (unpaired) electrons. The van der Waals surface area contributed by atoms with Crippen molar-refractivity contribution in [3.63, 3.8) is 0 Å². The summed E-state index contributed by atoms with van der Waals surface area (Å²) in [6.07, 6.45) is 2.40. The van der Waals surface area contributed by atoms with Crippen LogP contribution in [0.5, 0.6) is 0 Å². The van der Waals surface area contributed by atoms with Crippen molar-refractivity contribution in [2.24, 2.45) is 0 Å². The van der Waals surface area contributed by atoms with Gasteiger partial charge in [-0.2, -0.15) is 0 Å². The first-order valence-corrected chi connectivity index (χ1v) is 7.85. The number of aryl methyl sites for hydroxylation is 2. The van der Waals surface area contributed by atoms with E-state index in [1.165, 1.54) is 7.11 Å². The third-order valence-corrected chi connectivity index (χ3v) is 4.59. The van der Waals surface area contributed by atoms with Crippen LogP contribution in [0, 0.1) is 13.8 Å². The highest BCUT2D eigenvalue weighted by molar-refractivity contribution is 9.10. The summed E-state index contributed by atoms with van der Waals surface area (Å²) in [6.45, 7) is 5.91. The molecule has 0 bridgehead atoms. The number of unbranched alkanes of at least 4 members (excludes halogenated alkanes) is 1. The van der Waals surface area contributed by atoms with E-state index in [9.17, 15) is 9.59 Å². The monoisotopic (exact) mass is 355 g/mol. The Balaban J connectivity index is 2.88. The minimum atomic E-state index is -0.591. The molecule has 0 aromatic heterocycles. The Labute approximate surface area is 134 Å². The normalized spacial score (nSPS) is 11.9. The third-order valence-electron chi connectivity index (χ3n) is 3.34. The van der Waals surface area contributed by atoms with Crippen molar-refractivity contribution in [3.8, 4) is 0 Å². The number of carbonyl (C=O) groups excluding carboxylic acids is 2. The maximum absolute atomic E-state index is 12.3. The van der Waals surface area contributed by atoms with Crippen LogP contribution >= 0.6 is 15.9 Å². The molecular weight excluding hydrogens is 334 g/mol. The maximum Gasteiger partial charge on any atom is 0.328 e. The fourth-order valence-electron chi connectivity index (χ4n) is 2.12. The summed E-state index contributed by atoms with van der Waals surface area (Å²) in [5.74, 6) is -0.650. The van der Waals surface area contributed by atoms with Crippen LogP contribution in [0.4, 0.5) is 0 Å². The first-order chi connectivity index (χ1) is 9.90. The van der Waals surface area contributed by atoms with Gasteiger partial charge in [0.15, 0.2) is 0 Å². The summed E-state index contributed by atoms with van der Waals surface area (Å²) < 4.78 is 5.75. The summed E-state index contributed by atoms with van der Waals surface area (Å²) in [5, 5.41) is 2.76. The van der Waals surface area contributed by atoms with Crippen molar-refractivity contribution < 1.29 is 14.3 Å². The lowest BCUT2D eigenvalue weighted by Gasteiger charge is -2.17. The average molecular weight is 356 g/mol. The van der Waals surface area contributed by atoms with E-state index in [1.54, 1.807) is 12.1 Å². The number of ether oxygens (including phenoxy) is 1. The van der Waals surface area contributed by atoms with Gasteiger partial charge in [-0.3, -0.25) is 4.79 Å². The molecule has 1 rings (SSSR count). The topological polar surface area (TPSA) is 55.4 Å². The molecule has 4 nitrogen and oxygen atoms in total. The van der Waals surface area contributed by atoms with Crippen LogP contribution < -0.4 is 5.32 Å². The maximum atomic E-state index is 12.3. The zero-order chi connectivity index (χ0) is 16.0. The van der Waals surface area contributed by atoms with E-state index in [-0.39, 0.29) is 5.91 Å². The van der Waals surface area contributed by atoms with E-state index >= 15 is 0 Å². The number of rotatable bonds is 6. The molecule has 1 atom stereocenters. The molecule has 1 N–H and O–H groups in total. The lowest BCUT2D eigenvalue weighted by molar-refractivity contribution is -0.143. The Morgan fingerprint density at radius 2 is 1.86 bits per heavy atom. The van der Waals surface area contributed by atoms with Gasteiger partial charge in [0.1, 0.15) is 6.04 Å². The van der Waals surface area contributed by atoms with Crippen LogP contribution in [0.25, 0.3) is 0 Å². The van der Waals surface area contributed by atoms with E-state index < -0.39 is 12.0 Å². The predicted octanol–water partition coefficient (Wildman–Crippen LogP) is 3.53. The van der Waals surface area contributed by atoms with Crippen molar-refractivity contribution in [1.29, 1.82) is 0 Å². The molecule has 1 amide bonds. The molecule has 0 saturated carbocycles. The van der Waals surface area contributed by atoms with Crippen LogP contribution in [0.3, 0.4) is 0 Å². The third kappa shape index (κ3) is 4.84. The molecule has 0 aliphatic rings. The van der Waals surface area contributed by atoms with Gasteiger partial charge in [0.05, 0.1) is 7.11 Å². The van der Waals surface area contributed by atoms with Crippen molar-refractivity contribution >= 4 is 27.8 Å². The molecule has 0 saturated heterocycles. The number of benzene rings is 1. The van der Waals surface area contributed by atoms with Gasteiger partial charge in [0, 0.05) is 10.0 Å². The Hall–Kier alpha value is -1.36. The molecule has 0 aliphatic carbocycles. The Morgan fingerprint density at radius 1 is 1.29 bits per heavy atom. The van der Waals surface area contributed by atoms with Crippen LogP contribution in [-0.2, 0) is 9.53 Å². The van der Waals surface area contributed by atoms with E-state index in [0.717, 1.165) is 28.4 Å². The minimum Gasteiger partial charge on any atom is -0.467 e. The number of hydrogen-bond donors (Lipinski definition) is 1. The molecule has 1 unspecified atom stereocenters. The smallest absolute Gasteiger partial charge is 0.328 e. The molecule has 0 heterocycles. The van der Waals surface area contributed by atoms with Crippen LogP contribution in [-0.4, -0.2) is 25.0 Å². The van der Waals surface area contributed by atoms with Crippen LogP contribution in [0.2, 0.25) is 0 Å². The Morgan fingerprint density at radius 3 is 2.33 bits per heavy atom. The lowest BCUT2D eigenvalue weighted by atomic mass is 10.1. The Kier molecular flexibility index (Phi) is 6.89. The lowest BCUT2D eigenvalue weighted by Crippen LogP contribution is -2.41. The van der Waals surface area contributed by atoms with E-state index in [1.807, 2.05) is 20.8 Å². The van der Waals surface area contributed by atoms with E-state index in [4.69, 9.17) is 4.74 Å². The van der Waals surface area contributed by atoms with Gasteiger partial charge >= 0.3 is 5.97 Å². The molecule has 0 spiro atoms. The minimum absolute atomic E-state index is 0.250. The van der Waals surface area contributed by atoms with E-state index in [0.29, 0.717) is 12.0 Å². The number of amides is 1. The second-order valence-corrected chi connectivity index (χ2v) is 5.91. The fraction of sp³-hybridized carbons (Fsp3) is 0.500. The molecule has 1 aromatic carbocycles. The van der Waals surface area contributed by atoms with Gasteiger partial charge < -0.3 is 10.1 Å². The number of carbonyl (C=O) groups is 2. The predicted molar refractivity (Wildman–Crippen MR) is 86.4 cm³/mol. The number of nitrogens with one attached hydrogen (secondary N) is 1. The summed E-state index contributed by atoms with van der Waals surface area (Å²) in [5.41, 5.74) is 2.53. The van der Waals surface area contributed by atoms with Crippen molar-refractivity contribution in [3.05, 3.63) is 33.3 Å². The van der Waals surface area contributed by atoms with Gasteiger partial charge in [0.2, 0.25) is 0 Å². The van der Waals surface area contributed by atoms with Gasteiger partial charge in [-0.15, -0.1) is 0 Å². The zero-order valence-electron chi connectivity index (χ0n) is 13.0. The quantitative estimate of drug-likeness (QED) is 0.794. The van der Waals surface area contributed by atoms with Gasteiger partial charge in [0.25, 0.3) is 5.91 Å². The SMILES string of the molecule is CCCCC(NC(=O)c1cc(C)c(Br)c(C)c1)C(=O)OC. The second-order valence-electron chi connectivity index (χ2n) is 5.12. The highest BCUT2D eigenvalue weighted by Gasteiger charge is 2.22. The Bertz CT molecular complexity index is 505. The number of hydrogen-bond acceptors (Lipinski definition) is 3. The van der Waals surface area contributed by atoms with Gasteiger partial charge in [-0.1, -0.05) is 35.7 Å². The summed E-state index contributed by atoms with van der Waals surface area (Å²) in [7, 11) is 1.33. The molecule has 5 heteroatoms. The number of halogens is 1. The van der Waals surface area contributed by atoms with Gasteiger partial charge in [-0.25, -0.2) is 4.79 Å². The molecule has 116 valence electrons. The molecule has 1 aromatic rings. The van der Waals surface area contributed by atoms with Crippen molar-refractivity contribution in [2.45, 2.75) is 46.1 Å². The highest BCUT2D eigenvalue weighted by Crippen LogP contribution is 2.22. The summed E-state index contributed by atoms with van der Waals surface area (Å²) in [4.78, 5) is 24.0. The highest BCUT2D eigenvalue weighted by atomic mass is 79.9. The molecule has 0 aliphatic heterocycles. The summed E-state index contributed by atoms with van der Waals surface area (Å²) in [6, 6.07) is 3.02. The standard InChI is InChI=1S/C16H22BrNO3/c1-5-6-7-13(16(20)21-4)18-15(19)12-8-10(2)14(17)11(3)9-12/h8-9,13H,5-7H2,1-4H3,(H,18,19). The van der Waals surface area contributed by atoms with Crippen molar-refractivity contribution in [1.82, 2.24) is 5.32 Å². The molecular formula is C16H22BrNO3. The number of esters is 1. The number of methoxy groups -OCH3 is 1. The van der Waals surface area contributed by atoms with Crippen LogP contribution in [0.15, 0.2) is 16.6 Å². The first kappa shape index (κ1) is 17.7. The largest absolute Gasteiger partial charge is 0.467 e.